The van der Waals surface area contributed by atoms with Crippen LogP contribution in [0.1, 0.15) is 18.4 Å². The monoisotopic (exact) mass is 306 g/mol. The molecule has 0 radical (unpaired) electrons. The first-order valence-corrected chi connectivity index (χ1v) is 7.98. The van der Waals surface area contributed by atoms with E-state index in [1.165, 1.54) is 4.90 Å². The number of hydrogen-bond donors (Lipinski definition) is 0. The second-order valence-corrected chi connectivity index (χ2v) is 6.18. The average molecular weight is 306 g/mol. The first-order valence-electron chi connectivity index (χ1n) is 7.98. The lowest BCUT2D eigenvalue weighted by molar-refractivity contribution is -0.125. The molecule has 3 amide bonds. The van der Waals surface area contributed by atoms with Gasteiger partial charge in [0.05, 0.1) is 6.54 Å². The quantitative estimate of drug-likeness (QED) is 0.813. The van der Waals surface area contributed by atoms with Crippen LogP contribution in [0.3, 0.4) is 0 Å². The first-order chi connectivity index (χ1) is 11.2. The third kappa shape index (κ3) is 2.72. The van der Waals surface area contributed by atoms with Gasteiger partial charge in [0.15, 0.2) is 0 Å². The van der Waals surface area contributed by atoms with Gasteiger partial charge in [0.2, 0.25) is 0 Å². The maximum atomic E-state index is 12.3. The molecule has 1 saturated heterocycles. The normalized spacial score (nSPS) is 17.9. The summed E-state index contributed by atoms with van der Waals surface area (Å²) in [5.74, 6) is -0.0889. The molecule has 0 atom stereocenters. The zero-order valence-corrected chi connectivity index (χ0v) is 12.8. The number of imide groups is 1. The van der Waals surface area contributed by atoms with Crippen LogP contribution >= 0.6 is 0 Å². The molecule has 1 aliphatic heterocycles. The Kier molecular flexibility index (Phi) is 3.37. The van der Waals surface area contributed by atoms with E-state index in [0.29, 0.717) is 6.54 Å². The van der Waals surface area contributed by atoms with E-state index in [1.807, 2.05) is 42.5 Å². The molecule has 1 heterocycles. The lowest BCUT2D eigenvalue weighted by Gasteiger charge is -2.16. The van der Waals surface area contributed by atoms with Gasteiger partial charge in [-0.05, 0) is 29.5 Å². The molecule has 0 aromatic heterocycles. The van der Waals surface area contributed by atoms with Crippen molar-refractivity contribution in [1.29, 1.82) is 0 Å². The van der Waals surface area contributed by atoms with E-state index in [1.54, 1.807) is 4.90 Å². The molecule has 0 spiro atoms. The second kappa shape index (κ2) is 5.54. The third-order valence-electron chi connectivity index (χ3n) is 4.47. The SMILES string of the molecule is O=C1CN(C2CC2)C(=O)N1Cc1ccc(-c2ccccc2)cc1. The minimum atomic E-state index is -0.135. The van der Waals surface area contributed by atoms with E-state index in [-0.39, 0.29) is 24.5 Å². The summed E-state index contributed by atoms with van der Waals surface area (Å²) in [6.45, 7) is 0.599. The van der Waals surface area contributed by atoms with Crippen molar-refractivity contribution in [2.45, 2.75) is 25.4 Å². The van der Waals surface area contributed by atoms with E-state index in [2.05, 4.69) is 12.1 Å². The molecule has 0 N–H and O–H groups in total. The number of nitrogens with zero attached hydrogens (tertiary/aromatic N) is 2. The molecule has 2 aromatic carbocycles. The Hall–Kier alpha value is -2.62. The molecule has 2 aliphatic rings. The number of benzene rings is 2. The van der Waals surface area contributed by atoms with E-state index in [0.717, 1.165) is 29.5 Å². The van der Waals surface area contributed by atoms with Gasteiger partial charge in [0.25, 0.3) is 5.91 Å². The van der Waals surface area contributed by atoms with Crippen molar-refractivity contribution < 1.29 is 9.59 Å². The van der Waals surface area contributed by atoms with Gasteiger partial charge in [-0.2, -0.15) is 0 Å². The maximum absolute atomic E-state index is 12.3. The van der Waals surface area contributed by atoms with Gasteiger partial charge in [0.1, 0.15) is 6.54 Å². The lowest BCUT2D eigenvalue weighted by atomic mass is 10.0. The Morgan fingerprint density at radius 1 is 0.870 bits per heavy atom. The van der Waals surface area contributed by atoms with E-state index in [9.17, 15) is 9.59 Å². The predicted molar refractivity (Wildman–Crippen MR) is 87.6 cm³/mol. The van der Waals surface area contributed by atoms with Gasteiger partial charge >= 0.3 is 6.03 Å². The Labute approximate surface area is 135 Å². The average Bonchev–Trinajstić information content (AvgIpc) is 3.39. The summed E-state index contributed by atoms with van der Waals surface area (Å²) in [4.78, 5) is 27.5. The summed E-state index contributed by atoms with van der Waals surface area (Å²) < 4.78 is 0. The minimum absolute atomic E-state index is 0.0889. The van der Waals surface area contributed by atoms with E-state index < -0.39 is 0 Å². The Balaban J connectivity index is 1.49. The summed E-state index contributed by atoms with van der Waals surface area (Å²) in [7, 11) is 0. The molecule has 1 saturated carbocycles. The van der Waals surface area contributed by atoms with Gasteiger partial charge < -0.3 is 4.90 Å². The fourth-order valence-corrected chi connectivity index (χ4v) is 3.00. The van der Waals surface area contributed by atoms with Crippen LogP contribution in [-0.4, -0.2) is 34.3 Å². The van der Waals surface area contributed by atoms with Crippen molar-refractivity contribution in [3.05, 3.63) is 60.2 Å². The standard InChI is InChI=1S/C19H18N2O2/c22-18-13-20(17-10-11-17)19(23)21(18)12-14-6-8-16(9-7-14)15-4-2-1-3-5-15/h1-9,17H,10-13H2. The van der Waals surface area contributed by atoms with Crippen molar-refractivity contribution in [1.82, 2.24) is 9.80 Å². The molecule has 0 unspecified atom stereocenters. The van der Waals surface area contributed by atoms with Gasteiger partial charge in [0, 0.05) is 6.04 Å². The highest BCUT2D eigenvalue weighted by atomic mass is 16.2. The van der Waals surface area contributed by atoms with Crippen LogP contribution < -0.4 is 0 Å². The summed E-state index contributed by atoms with van der Waals surface area (Å²) in [6, 6.07) is 18.4. The Morgan fingerprint density at radius 3 is 2.17 bits per heavy atom. The lowest BCUT2D eigenvalue weighted by Crippen LogP contribution is -2.33. The maximum Gasteiger partial charge on any atom is 0.327 e. The molecule has 4 nitrogen and oxygen atoms in total. The van der Waals surface area contributed by atoms with Crippen molar-refractivity contribution in [3.8, 4) is 11.1 Å². The minimum Gasteiger partial charge on any atom is -0.312 e. The highest BCUT2D eigenvalue weighted by molar-refractivity contribution is 6.02. The highest BCUT2D eigenvalue weighted by Crippen LogP contribution is 2.31. The molecular weight excluding hydrogens is 288 g/mol. The fourth-order valence-electron chi connectivity index (χ4n) is 3.00. The Bertz CT molecular complexity index is 736. The number of amides is 3. The molecule has 23 heavy (non-hydrogen) atoms. The summed E-state index contributed by atoms with van der Waals surface area (Å²) >= 11 is 0. The number of urea groups is 1. The van der Waals surface area contributed by atoms with Crippen LogP contribution in [0.4, 0.5) is 4.79 Å². The van der Waals surface area contributed by atoms with Gasteiger partial charge in [-0.1, -0.05) is 54.6 Å². The molecule has 2 fully saturated rings. The zero-order valence-electron chi connectivity index (χ0n) is 12.8. The molecule has 4 heteroatoms. The molecule has 1 aliphatic carbocycles. The molecule has 2 aromatic rings. The molecule has 4 rings (SSSR count). The zero-order chi connectivity index (χ0) is 15.8. The number of carbonyl (C=O) groups excluding carboxylic acids is 2. The topological polar surface area (TPSA) is 40.6 Å². The van der Waals surface area contributed by atoms with E-state index >= 15 is 0 Å². The van der Waals surface area contributed by atoms with Crippen molar-refractivity contribution >= 4 is 11.9 Å². The van der Waals surface area contributed by atoms with Crippen LogP contribution in [0.2, 0.25) is 0 Å². The van der Waals surface area contributed by atoms with Gasteiger partial charge in [-0.15, -0.1) is 0 Å². The third-order valence-corrected chi connectivity index (χ3v) is 4.47. The van der Waals surface area contributed by atoms with Crippen LogP contribution in [0.25, 0.3) is 11.1 Å². The van der Waals surface area contributed by atoms with E-state index in [4.69, 9.17) is 0 Å². The summed E-state index contributed by atoms with van der Waals surface area (Å²) in [6.07, 6.45) is 2.05. The van der Waals surface area contributed by atoms with Crippen molar-refractivity contribution in [2.75, 3.05) is 6.54 Å². The molecule has 116 valence electrons. The smallest absolute Gasteiger partial charge is 0.312 e. The van der Waals surface area contributed by atoms with Crippen LogP contribution in [0, 0.1) is 0 Å². The molecular formula is C19H18N2O2. The van der Waals surface area contributed by atoms with Crippen molar-refractivity contribution in [2.24, 2.45) is 0 Å². The highest BCUT2D eigenvalue weighted by Gasteiger charge is 2.43. The van der Waals surface area contributed by atoms with Crippen LogP contribution in [-0.2, 0) is 11.3 Å². The first kappa shape index (κ1) is 14.0. The van der Waals surface area contributed by atoms with Gasteiger partial charge in [-0.3, -0.25) is 9.69 Å². The van der Waals surface area contributed by atoms with Crippen LogP contribution in [0.15, 0.2) is 54.6 Å². The second-order valence-electron chi connectivity index (χ2n) is 6.18. The summed E-state index contributed by atoms with van der Waals surface area (Å²) in [5, 5.41) is 0. The number of carbonyl (C=O) groups is 2. The largest absolute Gasteiger partial charge is 0.327 e. The fraction of sp³-hybridized carbons (Fsp3) is 0.263. The predicted octanol–water partition coefficient (Wildman–Crippen LogP) is 3.28. The van der Waals surface area contributed by atoms with Gasteiger partial charge in [-0.25, -0.2) is 4.79 Å². The van der Waals surface area contributed by atoms with Crippen molar-refractivity contribution in [3.63, 3.8) is 0 Å². The summed E-state index contributed by atoms with van der Waals surface area (Å²) in [5.41, 5.74) is 3.27. The molecule has 0 bridgehead atoms. The number of rotatable bonds is 4. The Morgan fingerprint density at radius 2 is 1.52 bits per heavy atom. The van der Waals surface area contributed by atoms with Crippen LogP contribution in [0.5, 0.6) is 0 Å². The number of hydrogen-bond acceptors (Lipinski definition) is 2.